The first-order chi connectivity index (χ1) is 15.3. The molecule has 0 bridgehead atoms. The molecule has 9 heteroatoms. The second-order valence-corrected chi connectivity index (χ2v) is 8.34. The number of hydrogen-bond donors (Lipinski definition) is 2. The van der Waals surface area contributed by atoms with E-state index in [0.29, 0.717) is 34.2 Å². The molecular weight excluding hydrogens is 409 g/mol. The highest BCUT2D eigenvalue weighted by atomic mass is 19.1. The Morgan fingerprint density at radius 2 is 2.19 bits per heavy atom. The minimum atomic E-state index is -0.512. The largest absolute Gasteiger partial charge is 0.397 e. The average molecular weight is 440 g/mol. The number of carbonyl (C=O) groups is 1. The summed E-state index contributed by atoms with van der Waals surface area (Å²) in [5, 5.41) is 2.75. The number of halogens is 1. The van der Waals surface area contributed by atoms with Crippen LogP contribution in [0, 0.1) is 12.7 Å². The van der Waals surface area contributed by atoms with E-state index in [-0.39, 0.29) is 7.07 Å². The predicted octanol–water partition coefficient (Wildman–Crippen LogP) is 3.05. The van der Waals surface area contributed by atoms with Gasteiger partial charge in [0, 0.05) is 63.5 Å². The van der Waals surface area contributed by atoms with Crippen molar-refractivity contribution in [3.63, 3.8) is 0 Å². The normalized spacial score (nSPS) is 16.6. The topological polar surface area (TPSA) is 91.3 Å². The van der Waals surface area contributed by atoms with Gasteiger partial charge in [-0.2, -0.15) is 0 Å². The van der Waals surface area contributed by atoms with Gasteiger partial charge in [-0.15, -0.1) is 0 Å². The zero-order chi connectivity index (χ0) is 23.0. The number of pyridine rings is 1. The summed E-state index contributed by atoms with van der Waals surface area (Å²) >= 11 is 0. The molecule has 1 amide bonds. The number of carbonyl (C=O) groups excluding carboxylic acids is 1. The lowest BCUT2D eigenvalue weighted by molar-refractivity contribution is 0.102. The summed E-state index contributed by atoms with van der Waals surface area (Å²) < 4.78 is 15.9. The number of nitrogens with zero attached hydrogens (tertiary/aromatic N) is 5. The Morgan fingerprint density at radius 1 is 1.41 bits per heavy atom. The summed E-state index contributed by atoms with van der Waals surface area (Å²) in [6.07, 6.45) is 6.06. The minimum absolute atomic E-state index is 0. The number of anilines is 3. The monoisotopic (exact) mass is 439 g/mol. The van der Waals surface area contributed by atoms with Gasteiger partial charge in [-0.1, -0.05) is 0 Å². The third kappa shape index (κ3) is 4.03. The SMILES string of the molecule is CN=Cc1c(N2CCC(N(C)C)C2)ccc(C(=O)Nc2cc(F)c3nc(C)cn3c2)c1N.[HH]. The van der Waals surface area contributed by atoms with Gasteiger partial charge < -0.3 is 25.3 Å². The maximum atomic E-state index is 14.4. The van der Waals surface area contributed by atoms with Gasteiger partial charge in [0.05, 0.1) is 22.6 Å². The number of nitrogens with two attached hydrogens (primary N) is 1. The van der Waals surface area contributed by atoms with Crippen LogP contribution in [0.25, 0.3) is 5.65 Å². The van der Waals surface area contributed by atoms with Gasteiger partial charge in [0.25, 0.3) is 5.91 Å². The van der Waals surface area contributed by atoms with Crippen molar-refractivity contribution < 1.29 is 10.6 Å². The first-order valence-corrected chi connectivity index (χ1v) is 10.5. The van der Waals surface area contributed by atoms with Crippen LogP contribution in [0.3, 0.4) is 0 Å². The van der Waals surface area contributed by atoms with Crippen molar-refractivity contribution in [1.29, 1.82) is 0 Å². The van der Waals surface area contributed by atoms with Crippen LogP contribution in [-0.2, 0) is 0 Å². The van der Waals surface area contributed by atoms with Crippen LogP contribution in [0.2, 0.25) is 0 Å². The van der Waals surface area contributed by atoms with Crippen molar-refractivity contribution in [2.24, 2.45) is 4.99 Å². The molecule has 0 spiro atoms. The van der Waals surface area contributed by atoms with E-state index in [1.54, 1.807) is 43.0 Å². The van der Waals surface area contributed by atoms with Crippen LogP contribution < -0.4 is 16.0 Å². The smallest absolute Gasteiger partial charge is 0.257 e. The van der Waals surface area contributed by atoms with E-state index >= 15 is 0 Å². The van der Waals surface area contributed by atoms with Gasteiger partial charge in [0.2, 0.25) is 0 Å². The van der Waals surface area contributed by atoms with Gasteiger partial charge in [-0.25, -0.2) is 9.37 Å². The van der Waals surface area contributed by atoms with Crippen LogP contribution in [-0.4, -0.2) is 66.7 Å². The van der Waals surface area contributed by atoms with Crippen molar-refractivity contribution in [2.45, 2.75) is 19.4 Å². The number of nitrogens with one attached hydrogen (secondary N) is 1. The molecule has 0 saturated carbocycles. The van der Waals surface area contributed by atoms with E-state index in [2.05, 4.69) is 39.2 Å². The number of likely N-dealkylation sites (N-methyl/N-ethyl adjacent to an activating group) is 1. The fraction of sp³-hybridized carbons (Fsp3) is 0.348. The Hall–Kier alpha value is -3.46. The fourth-order valence-electron chi connectivity index (χ4n) is 4.19. The number of nitrogen functional groups attached to an aromatic ring is 1. The molecule has 1 unspecified atom stereocenters. The van der Waals surface area contributed by atoms with E-state index in [9.17, 15) is 9.18 Å². The molecule has 3 aromatic rings. The molecule has 32 heavy (non-hydrogen) atoms. The maximum Gasteiger partial charge on any atom is 0.257 e. The molecular formula is C23H30FN7O. The molecule has 1 aliphatic heterocycles. The zero-order valence-electron chi connectivity index (χ0n) is 18.8. The van der Waals surface area contributed by atoms with Crippen LogP contribution in [0.1, 0.15) is 29.5 Å². The predicted molar refractivity (Wildman–Crippen MR) is 129 cm³/mol. The molecule has 2 aromatic heterocycles. The molecule has 3 N–H and O–H groups in total. The Kier molecular flexibility index (Phi) is 5.84. The molecule has 1 saturated heterocycles. The summed E-state index contributed by atoms with van der Waals surface area (Å²) in [5.74, 6) is -0.925. The van der Waals surface area contributed by atoms with E-state index in [4.69, 9.17) is 5.73 Å². The quantitative estimate of drug-likeness (QED) is 0.471. The lowest BCUT2D eigenvalue weighted by atomic mass is 10.0. The van der Waals surface area contributed by atoms with Crippen molar-refractivity contribution in [1.82, 2.24) is 14.3 Å². The average Bonchev–Trinajstić information content (AvgIpc) is 3.36. The van der Waals surface area contributed by atoms with Crippen LogP contribution >= 0.6 is 0 Å². The second kappa shape index (κ2) is 8.58. The number of fused-ring (bicyclic) bond motifs is 1. The highest BCUT2D eigenvalue weighted by Crippen LogP contribution is 2.31. The van der Waals surface area contributed by atoms with Crippen molar-refractivity contribution in [3.05, 3.63) is 53.2 Å². The minimum Gasteiger partial charge on any atom is -0.397 e. The number of aryl methyl sites for hydroxylation is 1. The zero-order valence-corrected chi connectivity index (χ0v) is 18.8. The van der Waals surface area contributed by atoms with E-state index < -0.39 is 11.7 Å². The second-order valence-electron chi connectivity index (χ2n) is 8.34. The number of aromatic nitrogens is 2. The van der Waals surface area contributed by atoms with E-state index in [0.717, 1.165) is 25.2 Å². The maximum absolute atomic E-state index is 14.4. The highest BCUT2D eigenvalue weighted by Gasteiger charge is 2.27. The van der Waals surface area contributed by atoms with Gasteiger partial charge >= 0.3 is 0 Å². The van der Waals surface area contributed by atoms with Gasteiger partial charge in [-0.3, -0.25) is 9.79 Å². The Balaban J connectivity index is 0.00000306. The summed E-state index contributed by atoms with van der Waals surface area (Å²) in [6.45, 7) is 3.57. The number of imidazole rings is 1. The summed E-state index contributed by atoms with van der Waals surface area (Å²) in [5.41, 5.74) is 9.98. The van der Waals surface area contributed by atoms with Crippen LogP contribution in [0.5, 0.6) is 0 Å². The highest BCUT2D eigenvalue weighted by molar-refractivity contribution is 6.11. The summed E-state index contributed by atoms with van der Waals surface area (Å²) in [4.78, 5) is 25.8. The number of amides is 1. The summed E-state index contributed by atoms with van der Waals surface area (Å²) in [6, 6.07) is 5.34. The molecule has 0 radical (unpaired) electrons. The summed E-state index contributed by atoms with van der Waals surface area (Å²) in [7, 11) is 5.83. The van der Waals surface area contributed by atoms with E-state index in [1.807, 2.05) is 6.07 Å². The molecule has 1 aliphatic rings. The lowest BCUT2D eigenvalue weighted by Gasteiger charge is -2.24. The lowest BCUT2D eigenvalue weighted by Crippen LogP contribution is -2.32. The third-order valence-electron chi connectivity index (χ3n) is 5.89. The van der Waals surface area contributed by atoms with Crippen LogP contribution in [0.4, 0.5) is 21.5 Å². The van der Waals surface area contributed by atoms with Crippen molar-refractivity contribution in [3.8, 4) is 0 Å². The molecule has 170 valence electrons. The standard InChI is InChI=1S/C23H28FN7O.H2/c1-14-11-31-12-15(9-19(24)22(31)27-14)28-23(32)17-5-6-20(18(10-26-2)21(17)25)30-8-7-16(13-30)29(3)4;/h5-6,9-12,16H,7-8,13,25H2,1-4H3,(H,28,32);1H. The van der Waals surface area contributed by atoms with Gasteiger partial charge in [0.15, 0.2) is 11.5 Å². The van der Waals surface area contributed by atoms with Crippen LogP contribution in [0.15, 0.2) is 35.6 Å². The fourth-order valence-corrected chi connectivity index (χ4v) is 4.19. The number of aliphatic imine (C=N–C) groups is 1. The molecule has 0 aliphatic carbocycles. The first-order valence-electron chi connectivity index (χ1n) is 10.5. The van der Waals surface area contributed by atoms with Crippen molar-refractivity contribution in [2.75, 3.05) is 50.2 Å². The Morgan fingerprint density at radius 3 is 2.88 bits per heavy atom. The molecule has 8 nitrogen and oxygen atoms in total. The third-order valence-corrected chi connectivity index (χ3v) is 5.89. The molecule has 3 heterocycles. The number of rotatable bonds is 5. The molecule has 1 atom stereocenters. The van der Waals surface area contributed by atoms with Gasteiger partial charge in [-0.05, 0) is 39.6 Å². The number of benzene rings is 1. The van der Waals surface area contributed by atoms with Gasteiger partial charge in [0.1, 0.15) is 0 Å². The number of hydrogen-bond acceptors (Lipinski definition) is 6. The Bertz CT molecular complexity index is 1210. The first kappa shape index (κ1) is 21.8. The van der Waals surface area contributed by atoms with E-state index in [1.165, 1.54) is 6.07 Å². The molecule has 1 fully saturated rings. The van der Waals surface area contributed by atoms with Crippen molar-refractivity contribution >= 4 is 34.8 Å². The molecule has 4 rings (SSSR count). The molecule has 1 aromatic carbocycles. The Labute approximate surface area is 188 Å².